The number of carbonyl (C=O) groups is 1. The zero-order chi connectivity index (χ0) is 51.5. The first-order valence-corrected chi connectivity index (χ1v) is 28.4. The zero-order valence-corrected chi connectivity index (χ0v) is 44.1. The monoisotopic (exact) mass is 1080 g/mol. The van der Waals surface area contributed by atoms with Crippen LogP contribution in [0, 0.1) is 10.8 Å². The fourth-order valence-corrected chi connectivity index (χ4v) is 13.2. The first kappa shape index (κ1) is 52.6. The standard InChI is InChI=1S/C54H65ClF3N9O5S2/c1-52(37-66-19-14-53(15-20-66)35-59-36-53)13-11-45(38-3-5-41(55)6-4-38)40(32-52)34-65-21-23-67(24-22-65)42-7-9-46(48(30-42)72-43-29-39-12-17-61-50(39)62-33-43)51(68)63-74(69,70)44-8-10-47(49(31-44)73-54(56,57)58)60-16-2-18-64-25-27-71-28-26-64/h3-10,12,17,29-31,33,59-60H,2,11,13-16,18-28,32,34-37H2,1H3,(H,61,62)(H,63,68). The van der Waals surface area contributed by atoms with Gasteiger partial charge in [-0.05, 0) is 146 Å². The molecule has 1 amide bonds. The molecule has 2 aromatic heterocycles. The Bertz CT molecular complexity index is 2930. The highest BCUT2D eigenvalue weighted by molar-refractivity contribution is 8.00. The summed E-state index contributed by atoms with van der Waals surface area (Å²) in [5, 5.41) is 8.03. The maximum absolute atomic E-state index is 14.1. The molecule has 14 nitrogen and oxygen atoms in total. The number of anilines is 2. The molecule has 10 rings (SSSR count). The molecule has 0 radical (unpaired) electrons. The van der Waals surface area contributed by atoms with E-state index in [4.69, 9.17) is 21.1 Å². The summed E-state index contributed by atoms with van der Waals surface area (Å²) in [6, 6.07) is 20.3. The molecule has 6 heterocycles. The number of allylic oxidation sites excluding steroid dienone is 1. The molecule has 396 valence electrons. The number of benzene rings is 3. The fraction of sp³-hybridized carbons (Fsp3) is 0.481. The van der Waals surface area contributed by atoms with E-state index in [1.54, 1.807) is 24.4 Å². The highest BCUT2D eigenvalue weighted by Crippen LogP contribution is 2.46. The number of likely N-dealkylation sites (tertiary alicyclic amines) is 1. The first-order valence-electron chi connectivity index (χ1n) is 25.7. The van der Waals surface area contributed by atoms with Gasteiger partial charge in [-0.15, -0.1) is 0 Å². The summed E-state index contributed by atoms with van der Waals surface area (Å²) in [4.78, 5) is 30.5. The van der Waals surface area contributed by atoms with Crippen molar-refractivity contribution in [2.45, 2.75) is 60.7 Å². The van der Waals surface area contributed by atoms with Crippen LogP contribution < -0.4 is 25.0 Å². The van der Waals surface area contributed by atoms with E-state index in [2.05, 4.69) is 64.0 Å². The number of amides is 1. The van der Waals surface area contributed by atoms with Gasteiger partial charge in [-0.2, -0.15) is 13.2 Å². The topological polar surface area (TPSA) is 147 Å². The van der Waals surface area contributed by atoms with Gasteiger partial charge in [0.15, 0.2) is 0 Å². The number of carbonyl (C=O) groups excluding carboxylic acids is 1. The van der Waals surface area contributed by atoms with Crippen LogP contribution in [0.4, 0.5) is 24.5 Å². The molecule has 20 heteroatoms. The van der Waals surface area contributed by atoms with E-state index in [1.807, 2.05) is 18.2 Å². The van der Waals surface area contributed by atoms with Gasteiger partial charge in [0.25, 0.3) is 15.9 Å². The molecule has 3 aromatic carbocycles. The summed E-state index contributed by atoms with van der Waals surface area (Å²) >= 11 is 5.95. The first-order chi connectivity index (χ1) is 35.6. The Kier molecular flexibility index (Phi) is 15.9. The number of aromatic amines is 1. The van der Waals surface area contributed by atoms with Crippen LogP contribution in [0.25, 0.3) is 16.6 Å². The molecule has 1 unspecified atom stereocenters. The average Bonchev–Trinajstić information content (AvgIpc) is 3.84. The number of halogens is 4. The van der Waals surface area contributed by atoms with Gasteiger partial charge >= 0.3 is 5.51 Å². The molecular weight excluding hydrogens is 1010 g/mol. The number of nitrogens with one attached hydrogen (secondary N) is 4. The molecule has 74 heavy (non-hydrogen) atoms. The summed E-state index contributed by atoms with van der Waals surface area (Å²) < 4.78 is 83.2. The smallest absolute Gasteiger partial charge is 0.446 e. The van der Waals surface area contributed by atoms with Crippen LogP contribution in [0.1, 0.15) is 61.4 Å². The Morgan fingerprint density at radius 1 is 0.905 bits per heavy atom. The van der Waals surface area contributed by atoms with E-state index in [9.17, 15) is 26.4 Å². The van der Waals surface area contributed by atoms with Crippen molar-refractivity contribution < 1.29 is 35.9 Å². The number of ether oxygens (including phenoxy) is 2. The van der Waals surface area contributed by atoms with Crippen LogP contribution in [0.15, 0.2) is 101 Å². The van der Waals surface area contributed by atoms with Crippen LogP contribution in [-0.2, 0) is 14.8 Å². The van der Waals surface area contributed by atoms with E-state index < -0.39 is 38.1 Å². The van der Waals surface area contributed by atoms with E-state index >= 15 is 0 Å². The van der Waals surface area contributed by atoms with Crippen molar-refractivity contribution in [3.63, 3.8) is 0 Å². The fourth-order valence-electron chi connectivity index (χ4n) is 11.3. The van der Waals surface area contributed by atoms with Crippen LogP contribution in [0.2, 0.25) is 5.02 Å². The van der Waals surface area contributed by atoms with Crippen LogP contribution in [-0.4, -0.2) is 149 Å². The molecule has 1 aliphatic carbocycles. The van der Waals surface area contributed by atoms with Crippen molar-refractivity contribution in [3.05, 3.63) is 107 Å². The maximum Gasteiger partial charge on any atom is 0.446 e. The normalized spacial score (nSPS) is 21.2. The summed E-state index contributed by atoms with van der Waals surface area (Å²) in [6.07, 6.45) is 9.64. The van der Waals surface area contributed by atoms with Gasteiger partial charge in [-0.3, -0.25) is 14.6 Å². The van der Waals surface area contributed by atoms with E-state index in [-0.39, 0.29) is 27.3 Å². The Morgan fingerprint density at radius 3 is 2.41 bits per heavy atom. The average molecular weight is 1080 g/mol. The molecule has 5 aromatic rings. The molecule has 4 N–H and O–H groups in total. The van der Waals surface area contributed by atoms with Gasteiger partial charge in [-0.1, -0.05) is 36.2 Å². The molecule has 0 bridgehead atoms. The van der Waals surface area contributed by atoms with Crippen molar-refractivity contribution in [3.8, 4) is 11.5 Å². The number of piperazine rings is 1. The number of fused-ring (bicyclic) bond motifs is 1. The second-order valence-electron chi connectivity index (χ2n) is 21.0. The molecule has 0 saturated carbocycles. The van der Waals surface area contributed by atoms with Gasteiger partial charge in [-0.25, -0.2) is 18.1 Å². The molecule has 1 spiro atoms. The number of morpholine rings is 1. The highest BCUT2D eigenvalue weighted by Gasteiger charge is 2.42. The minimum Gasteiger partial charge on any atom is -0.455 e. The maximum atomic E-state index is 14.1. The Labute approximate surface area is 440 Å². The highest BCUT2D eigenvalue weighted by atomic mass is 35.5. The van der Waals surface area contributed by atoms with Crippen molar-refractivity contribution in [2.75, 3.05) is 115 Å². The van der Waals surface area contributed by atoms with E-state index in [0.29, 0.717) is 56.1 Å². The number of alkyl halides is 3. The van der Waals surface area contributed by atoms with Crippen LogP contribution >= 0.6 is 23.4 Å². The second-order valence-corrected chi connectivity index (χ2v) is 24.2. The zero-order valence-electron chi connectivity index (χ0n) is 41.7. The molecule has 4 aliphatic heterocycles. The lowest BCUT2D eigenvalue weighted by atomic mass is 9.69. The second kappa shape index (κ2) is 22.4. The third kappa shape index (κ3) is 12.9. The molecule has 5 aliphatic rings. The van der Waals surface area contributed by atoms with Gasteiger partial charge < -0.3 is 34.9 Å². The lowest BCUT2D eigenvalue weighted by Crippen LogP contribution is -2.58. The lowest BCUT2D eigenvalue weighted by Gasteiger charge is -2.50. The Balaban J connectivity index is 0.840. The number of rotatable bonds is 17. The van der Waals surface area contributed by atoms with Crippen molar-refractivity contribution in [1.82, 2.24) is 34.7 Å². The summed E-state index contributed by atoms with van der Waals surface area (Å²) in [5.74, 6) is -0.597. The molecular formula is C54H65ClF3N9O5S2. The van der Waals surface area contributed by atoms with Gasteiger partial charge in [0.1, 0.15) is 17.1 Å². The number of piperidine rings is 1. The largest absolute Gasteiger partial charge is 0.455 e. The van der Waals surface area contributed by atoms with Crippen molar-refractivity contribution >= 4 is 67.3 Å². The van der Waals surface area contributed by atoms with Crippen LogP contribution in [0.3, 0.4) is 0 Å². The number of pyridine rings is 1. The number of thioether (sulfide) groups is 1. The predicted molar refractivity (Wildman–Crippen MR) is 286 cm³/mol. The van der Waals surface area contributed by atoms with Gasteiger partial charge in [0.05, 0.1) is 29.9 Å². The van der Waals surface area contributed by atoms with Crippen molar-refractivity contribution in [1.29, 1.82) is 0 Å². The third-order valence-corrected chi connectivity index (χ3v) is 17.9. The third-order valence-electron chi connectivity index (χ3n) is 15.5. The summed E-state index contributed by atoms with van der Waals surface area (Å²) in [5.41, 5.74) is 1.60. The Hall–Kier alpha value is -4.86. The molecule has 4 fully saturated rings. The number of hydrogen-bond donors (Lipinski definition) is 4. The number of H-pyrrole nitrogens is 1. The lowest BCUT2D eigenvalue weighted by molar-refractivity contribution is -0.0328. The van der Waals surface area contributed by atoms with E-state index in [0.717, 1.165) is 113 Å². The number of nitrogens with zero attached hydrogens (tertiary/aromatic N) is 5. The van der Waals surface area contributed by atoms with Crippen molar-refractivity contribution in [2.24, 2.45) is 10.8 Å². The van der Waals surface area contributed by atoms with Gasteiger partial charge in [0, 0.05) is 111 Å². The molecule has 1 atom stereocenters. The van der Waals surface area contributed by atoms with E-state index in [1.165, 1.54) is 53.9 Å². The van der Waals surface area contributed by atoms with Crippen LogP contribution in [0.5, 0.6) is 11.5 Å². The minimum absolute atomic E-state index is 0.0836. The molecule has 4 saturated heterocycles. The quantitative estimate of drug-likeness (QED) is 0.0519. The minimum atomic E-state index is -4.70. The number of sulfonamides is 1. The number of aromatic nitrogens is 2. The summed E-state index contributed by atoms with van der Waals surface area (Å²) in [6.45, 7) is 16.0. The Morgan fingerprint density at radius 2 is 1.68 bits per heavy atom. The predicted octanol–water partition coefficient (Wildman–Crippen LogP) is 9.32. The number of hydrogen-bond acceptors (Lipinski definition) is 13. The SMILES string of the molecule is CC1(CN2CCC3(CC2)CNC3)CCC(c2ccc(Cl)cc2)=C(CN2CCN(c3ccc(C(=O)NS(=O)(=O)c4ccc(NCCCN5CCOCC5)c(SC(F)(F)F)c4)c(Oc4cnc5[nH]ccc5c4)c3)CC2)C1. The summed E-state index contributed by atoms with van der Waals surface area (Å²) in [7, 11) is -4.67. The van der Waals surface area contributed by atoms with Gasteiger partial charge in [0.2, 0.25) is 0 Å².